The van der Waals surface area contributed by atoms with Crippen LogP contribution in [-0.4, -0.2) is 38.6 Å². The van der Waals surface area contributed by atoms with E-state index in [2.05, 4.69) is 4.72 Å². The van der Waals surface area contributed by atoms with E-state index in [1.165, 1.54) is 17.0 Å². The van der Waals surface area contributed by atoms with Crippen molar-refractivity contribution in [3.8, 4) is 0 Å². The lowest BCUT2D eigenvalue weighted by Crippen LogP contribution is -2.45. The van der Waals surface area contributed by atoms with Crippen molar-refractivity contribution in [3.05, 3.63) is 59.7 Å². The summed E-state index contributed by atoms with van der Waals surface area (Å²) in [6.07, 6.45) is 2.01. The zero-order valence-electron chi connectivity index (χ0n) is 15.4. The summed E-state index contributed by atoms with van der Waals surface area (Å²) in [7, 11) is -2.07. The molecule has 2 rings (SSSR count). The van der Waals surface area contributed by atoms with E-state index in [-0.39, 0.29) is 10.8 Å². The Morgan fingerprint density at radius 3 is 2.23 bits per heavy atom. The highest BCUT2D eigenvalue weighted by atomic mass is 32.2. The van der Waals surface area contributed by atoms with Gasteiger partial charge in [0.1, 0.15) is 0 Å². The molecule has 1 N–H and O–H groups in total. The van der Waals surface area contributed by atoms with Crippen LogP contribution in [0.15, 0.2) is 58.3 Å². The van der Waals surface area contributed by atoms with Crippen LogP contribution in [0.4, 0.5) is 0 Å². The van der Waals surface area contributed by atoms with E-state index < -0.39 is 16.1 Å². The van der Waals surface area contributed by atoms with E-state index >= 15 is 0 Å². The average molecular weight is 393 g/mol. The van der Waals surface area contributed by atoms with E-state index in [1.54, 1.807) is 37.9 Å². The number of sulfonamides is 1. The lowest BCUT2D eigenvalue weighted by Gasteiger charge is -2.22. The number of benzene rings is 2. The Hall–Kier alpha value is -1.83. The maximum atomic E-state index is 12.5. The Bertz CT molecular complexity index is 847. The van der Waals surface area contributed by atoms with Crippen molar-refractivity contribution >= 4 is 27.7 Å². The first-order valence-corrected chi connectivity index (χ1v) is 10.9. The van der Waals surface area contributed by atoms with Gasteiger partial charge >= 0.3 is 0 Å². The molecule has 0 saturated carbocycles. The van der Waals surface area contributed by atoms with Crippen LogP contribution >= 0.6 is 11.8 Å². The van der Waals surface area contributed by atoms with Crippen molar-refractivity contribution in [1.82, 2.24) is 9.62 Å². The van der Waals surface area contributed by atoms with E-state index in [1.807, 2.05) is 37.4 Å². The quantitative estimate of drug-likeness (QED) is 0.736. The van der Waals surface area contributed by atoms with Crippen LogP contribution in [0.1, 0.15) is 18.1 Å². The molecule has 26 heavy (non-hydrogen) atoms. The molecule has 1 atom stereocenters. The number of hydrogen-bond acceptors (Lipinski definition) is 4. The first-order valence-electron chi connectivity index (χ1n) is 8.20. The molecule has 1 amide bonds. The molecule has 2 aromatic rings. The van der Waals surface area contributed by atoms with Gasteiger partial charge in [-0.05, 0) is 49.9 Å². The Morgan fingerprint density at radius 1 is 1.12 bits per heavy atom. The van der Waals surface area contributed by atoms with Gasteiger partial charge in [0.25, 0.3) is 0 Å². The van der Waals surface area contributed by atoms with Crippen LogP contribution < -0.4 is 4.72 Å². The van der Waals surface area contributed by atoms with Gasteiger partial charge in [-0.2, -0.15) is 4.72 Å². The van der Waals surface area contributed by atoms with Crippen LogP contribution in [0, 0.1) is 6.92 Å². The number of nitrogens with one attached hydrogen (secondary N) is 1. The second-order valence-electron chi connectivity index (χ2n) is 6.20. The number of hydrogen-bond donors (Lipinski definition) is 1. The smallest absolute Gasteiger partial charge is 0.241 e. The molecule has 0 bridgehead atoms. The van der Waals surface area contributed by atoms with E-state index in [9.17, 15) is 13.2 Å². The molecular weight excluding hydrogens is 368 g/mol. The zero-order chi connectivity index (χ0) is 19.3. The Balaban J connectivity index is 2.02. The molecule has 1 unspecified atom stereocenters. The fourth-order valence-corrected chi connectivity index (χ4v) is 4.09. The summed E-state index contributed by atoms with van der Waals surface area (Å²) in [4.78, 5) is 15.4. The molecule has 0 radical (unpaired) electrons. The fourth-order valence-electron chi connectivity index (χ4n) is 2.48. The number of aryl methyl sites for hydroxylation is 1. The van der Waals surface area contributed by atoms with Gasteiger partial charge in [-0.1, -0.05) is 29.8 Å². The third-order valence-electron chi connectivity index (χ3n) is 3.99. The van der Waals surface area contributed by atoms with E-state index in [0.717, 1.165) is 16.0 Å². The minimum Gasteiger partial charge on any atom is -0.340 e. The summed E-state index contributed by atoms with van der Waals surface area (Å²) in [5.74, 6) is -0.283. The maximum Gasteiger partial charge on any atom is 0.241 e. The largest absolute Gasteiger partial charge is 0.340 e. The summed E-state index contributed by atoms with van der Waals surface area (Å²) < 4.78 is 27.3. The molecule has 0 aliphatic rings. The normalized spacial score (nSPS) is 12.6. The standard InChI is InChI=1S/C19H24N2O3S2/c1-14-5-11-18(12-6-14)26(23,24)20-15(2)19(22)21(3)13-16-7-9-17(25-4)10-8-16/h5-12,15,20H,13H2,1-4H3. The Labute approximate surface area is 159 Å². The Morgan fingerprint density at radius 2 is 1.69 bits per heavy atom. The van der Waals surface area contributed by atoms with E-state index in [0.29, 0.717) is 6.54 Å². The minimum atomic E-state index is -3.74. The van der Waals surface area contributed by atoms with Gasteiger partial charge in [0.2, 0.25) is 15.9 Å². The second kappa shape index (κ2) is 8.70. The first-order chi connectivity index (χ1) is 12.2. The first kappa shape index (κ1) is 20.5. The molecule has 2 aromatic carbocycles. The predicted octanol–water partition coefficient (Wildman–Crippen LogP) is 3.04. The Kier molecular flexibility index (Phi) is 6.86. The monoisotopic (exact) mass is 392 g/mol. The molecule has 0 fully saturated rings. The van der Waals surface area contributed by atoms with Gasteiger partial charge < -0.3 is 4.90 Å². The predicted molar refractivity (Wildman–Crippen MR) is 106 cm³/mol. The topological polar surface area (TPSA) is 66.5 Å². The van der Waals surface area contributed by atoms with Crippen LogP contribution in [0.25, 0.3) is 0 Å². The summed E-state index contributed by atoms with van der Waals surface area (Å²) in [6.45, 7) is 3.86. The number of likely N-dealkylation sites (N-methyl/N-ethyl adjacent to an activating group) is 1. The molecule has 0 aromatic heterocycles. The van der Waals surface area contributed by atoms with Crippen molar-refractivity contribution in [2.75, 3.05) is 13.3 Å². The van der Waals surface area contributed by atoms with Crippen LogP contribution in [0.2, 0.25) is 0 Å². The van der Waals surface area contributed by atoms with Crippen molar-refractivity contribution in [1.29, 1.82) is 0 Å². The van der Waals surface area contributed by atoms with Gasteiger partial charge in [-0.15, -0.1) is 11.8 Å². The van der Waals surface area contributed by atoms with Crippen molar-refractivity contribution in [3.63, 3.8) is 0 Å². The summed E-state index contributed by atoms with van der Waals surface area (Å²) in [5.41, 5.74) is 1.97. The number of rotatable bonds is 7. The van der Waals surface area contributed by atoms with Gasteiger partial charge in [0.05, 0.1) is 10.9 Å². The molecule has 0 heterocycles. The molecule has 0 spiro atoms. The second-order valence-corrected chi connectivity index (χ2v) is 8.79. The fraction of sp³-hybridized carbons (Fsp3) is 0.316. The lowest BCUT2D eigenvalue weighted by atomic mass is 10.2. The molecule has 7 heteroatoms. The minimum absolute atomic E-state index is 0.151. The van der Waals surface area contributed by atoms with Crippen LogP contribution in [0.3, 0.4) is 0 Å². The zero-order valence-corrected chi connectivity index (χ0v) is 17.0. The number of nitrogens with zero attached hydrogens (tertiary/aromatic N) is 1. The molecule has 140 valence electrons. The maximum absolute atomic E-state index is 12.5. The third kappa shape index (κ3) is 5.33. The van der Waals surface area contributed by atoms with Crippen LogP contribution in [-0.2, 0) is 21.4 Å². The molecule has 0 aliphatic heterocycles. The SMILES string of the molecule is CSc1ccc(CN(C)C(=O)C(C)NS(=O)(=O)c2ccc(C)cc2)cc1. The number of carbonyl (C=O) groups excluding carboxylic acids is 1. The van der Waals surface area contributed by atoms with E-state index in [4.69, 9.17) is 0 Å². The third-order valence-corrected chi connectivity index (χ3v) is 6.29. The van der Waals surface area contributed by atoms with Crippen molar-refractivity contribution < 1.29 is 13.2 Å². The van der Waals surface area contributed by atoms with Crippen molar-refractivity contribution in [2.45, 2.75) is 36.2 Å². The summed E-state index contributed by atoms with van der Waals surface area (Å²) in [6, 6.07) is 13.6. The highest BCUT2D eigenvalue weighted by molar-refractivity contribution is 7.98. The van der Waals surface area contributed by atoms with Crippen molar-refractivity contribution in [2.24, 2.45) is 0 Å². The highest BCUT2D eigenvalue weighted by Crippen LogP contribution is 2.16. The van der Waals surface area contributed by atoms with Gasteiger partial charge in [-0.25, -0.2) is 8.42 Å². The summed E-state index contributed by atoms with van der Waals surface area (Å²) in [5, 5.41) is 0. The van der Waals surface area contributed by atoms with Gasteiger partial charge in [0, 0.05) is 18.5 Å². The number of amides is 1. The molecule has 0 saturated heterocycles. The number of thioether (sulfide) groups is 1. The molecular formula is C19H24N2O3S2. The van der Waals surface area contributed by atoms with Gasteiger partial charge in [0.15, 0.2) is 0 Å². The molecule has 0 aliphatic carbocycles. The summed E-state index contributed by atoms with van der Waals surface area (Å²) >= 11 is 1.66. The molecule has 5 nitrogen and oxygen atoms in total. The number of carbonyl (C=O) groups is 1. The highest BCUT2D eigenvalue weighted by Gasteiger charge is 2.24. The average Bonchev–Trinajstić information content (AvgIpc) is 2.61. The van der Waals surface area contributed by atoms with Crippen LogP contribution in [0.5, 0.6) is 0 Å². The van der Waals surface area contributed by atoms with Gasteiger partial charge in [-0.3, -0.25) is 4.79 Å². The lowest BCUT2D eigenvalue weighted by molar-refractivity contribution is -0.131.